The largest absolute Gasteiger partial charge is 0.493 e. The van der Waals surface area contributed by atoms with Crippen molar-refractivity contribution >= 4 is 23.1 Å². The molecule has 0 radical (unpaired) electrons. The van der Waals surface area contributed by atoms with Crippen LogP contribution in [-0.4, -0.2) is 29.7 Å². The van der Waals surface area contributed by atoms with Crippen LogP contribution in [0.15, 0.2) is 11.2 Å². The maximum atomic E-state index is 13.9. The number of oxime groups is 1. The van der Waals surface area contributed by atoms with Crippen molar-refractivity contribution in [3.63, 3.8) is 0 Å². The average molecular weight is 280 g/mol. The van der Waals surface area contributed by atoms with Crippen LogP contribution in [0.3, 0.4) is 0 Å². The number of ketones is 1. The third-order valence-electron chi connectivity index (χ3n) is 3.07. The molecule has 0 bridgehead atoms. The molecule has 0 saturated carbocycles. The van der Waals surface area contributed by atoms with Crippen LogP contribution in [0.25, 0.3) is 0 Å². The Morgan fingerprint density at radius 2 is 2.20 bits per heavy atom. The third-order valence-corrected chi connectivity index (χ3v) is 3.07. The number of carbonyl (C=O) groups is 2. The van der Waals surface area contributed by atoms with E-state index in [9.17, 15) is 14.0 Å². The number of anilines is 1. The molecule has 2 N–H and O–H groups in total. The van der Waals surface area contributed by atoms with Crippen molar-refractivity contribution in [2.24, 2.45) is 5.16 Å². The summed E-state index contributed by atoms with van der Waals surface area (Å²) in [5.41, 5.74) is 0.501. The molecule has 1 amide bonds. The Labute approximate surface area is 114 Å². The lowest BCUT2D eigenvalue weighted by molar-refractivity contribution is -0.114. The van der Waals surface area contributed by atoms with E-state index in [1.54, 1.807) is 0 Å². The molecule has 0 saturated heterocycles. The second-order valence-corrected chi connectivity index (χ2v) is 4.35. The molecule has 7 heteroatoms. The minimum absolute atomic E-state index is 0.0283. The quantitative estimate of drug-likeness (QED) is 0.638. The predicted octanol–water partition coefficient (Wildman–Crippen LogP) is 1.75. The van der Waals surface area contributed by atoms with Crippen molar-refractivity contribution in [1.82, 2.24) is 0 Å². The van der Waals surface area contributed by atoms with Crippen LogP contribution in [-0.2, 0) is 11.2 Å². The second kappa shape index (κ2) is 5.28. The number of halogens is 1. The van der Waals surface area contributed by atoms with Gasteiger partial charge in [-0.25, -0.2) is 4.39 Å². The third kappa shape index (κ3) is 2.22. The Hall–Kier alpha value is -2.44. The van der Waals surface area contributed by atoms with Gasteiger partial charge in [0, 0.05) is 25.0 Å². The van der Waals surface area contributed by atoms with Crippen molar-refractivity contribution < 1.29 is 23.9 Å². The molecular formula is C13H13FN2O4. The molecule has 0 unspecified atom stereocenters. The zero-order valence-electron chi connectivity index (χ0n) is 11.0. The van der Waals surface area contributed by atoms with Gasteiger partial charge >= 0.3 is 0 Å². The molecular weight excluding hydrogens is 267 g/mol. The number of amides is 1. The Morgan fingerprint density at radius 3 is 2.75 bits per heavy atom. The highest BCUT2D eigenvalue weighted by Crippen LogP contribution is 2.36. The number of fused-ring (bicyclic) bond motifs is 1. The number of Topliss-reactive ketones (excluding diaryl/α,β-unsaturated/α-hetero) is 1. The first-order valence-corrected chi connectivity index (χ1v) is 5.92. The lowest BCUT2D eigenvalue weighted by Gasteiger charge is -2.22. The van der Waals surface area contributed by atoms with Crippen LogP contribution >= 0.6 is 0 Å². The normalized spacial score (nSPS) is 15.9. The number of ether oxygens (including phenoxy) is 1. The number of carbonyl (C=O) groups excluding carboxylic acids is 2. The lowest BCUT2D eigenvalue weighted by Crippen LogP contribution is -2.26. The summed E-state index contributed by atoms with van der Waals surface area (Å²) < 4.78 is 18.9. The van der Waals surface area contributed by atoms with Crippen molar-refractivity contribution in [1.29, 1.82) is 0 Å². The van der Waals surface area contributed by atoms with Crippen LogP contribution in [0, 0.1) is 5.82 Å². The smallest absolute Gasteiger partial charge is 0.221 e. The van der Waals surface area contributed by atoms with Gasteiger partial charge in [-0.1, -0.05) is 5.16 Å². The molecule has 1 aromatic carbocycles. The summed E-state index contributed by atoms with van der Waals surface area (Å²) in [5, 5.41) is 14.2. The molecule has 1 aromatic rings. The second-order valence-electron chi connectivity index (χ2n) is 4.35. The maximum Gasteiger partial charge on any atom is 0.221 e. The highest BCUT2D eigenvalue weighted by atomic mass is 19.1. The van der Waals surface area contributed by atoms with E-state index in [1.807, 2.05) is 0 Å². The summed E-state index contributed by atoms with van der Waals surface area (Å²) in [6.45, 7) is 1.25. The van der Waals surface area contributed by atoms with E-state index in [1.165, 1.54) is 14.0 Å². The first-order chi connectivity index (χ1) is 9.49. The number of methoxy groups -OCH3 is 1. The van der Waals surface area contributed by atoms with Crippen molar-refractivity contribution in [2.45, 2.75) is 19.8 Å². The molecule has 0 spiro atoms. The fourth-order valence-electron chi connectivity index (χ4n) is 2.29. The molecule has 6 nitrogen and oxygen atoms in total. The van der Waals surface area contributed by atoms with E-state index in [4.69, 9.17) is 9.94 Å². The summed E-state index contributed by atoms with van der Waals surface area (Å²) >= 11 is 0. The lowest BCUT2D eigenvalue weighted by atomic mass is 9.87. The average Bonchev–Trinajstić information content (AvgIpc) is 2.38. The van der Waals surface area contributed by atoms with E-state index in [0.717, 1.165) is 6.07 Å². The van der Waals surface area contributed by atoms with Gasteiger partial charge in [0.2, 0.25) is 11.7 Å². The van der Waals surface area contributed by atoms with Gasteiger partial charge in [0.1, 0.15) is 5.71 Å². The summed E-state index contributed by atoms with van der Waals surface area (Å²) in [6.07, 6.45) is 0.468. The van der Waals surface area contributed by atoms with Crippen LogP contribution in [0.1, 0.15) is 29.3 Å². The summed E-state index contributed by atoms with van der Waals surface area (Å²) in [5.74, 6) is -1.67. The summed E-state index contributed by atoms with van der Waals surface area (Å²) in [4.78, 5) is 23.4. The Kier molecular flexibility index (Phi) is 3.69. The van der Waals surface area contributed by atoms with Crippen LogP contribution in [0.2, 0.25) is 0 Å². The standard InChI is InChI=1S/C13H13FN2O4/c1-6(17)15-10-5-8(14)13(20-2)7-3-4-9(16-19)12(18)11(7)10/h5,19H,3-4H2,1-2H3,(H,15,17)/b16-9+. The predicted molar refractivity (Wildman–Crippen MR) is 69.1 cm³/mol. The van der Waals surface area contributed by atoms with E-state index >= 15 is 0 Å². The Bertz CT molecular complexity index is 625. The van der Waals surface area contributed by atoms with E-state index in [2.05, 4.69) is 10.5 Å². The van der Waals surface area contributed by atoms with Gasteiger partial charge in [-0.3, -0.25) is 9.59 Å². The van der Waals surface area contributed by atoms with Gasteiger partial charge in [0.05, 0.1) is 18.4 Å². The molecule has 0 heterocycles. The maximum absolute atomic E-state index is 13.9. The molecule has 2 rings (SSSR count). The van der Waals surface area contributed by atoms with Gasteiger partial charge in [-0.05, 0) is 6.42 Å². The van der Waals surface area contributed by atoms with Crippen LogP contribution < -0.4 is 10.1 Å². The first kappa shape index (κ1) is 14.0. The van der Waals surface area contributed by atoms with Crippen molar-refractivity contribution in [3.05, 3.63) is 23.0 Å². The first-order valence-electron chi connectivity index (χ1n) is 5.92. The minimum Gasteiger partial charge on any atom is -0.493 e. The van der Waals surface area contributed by atoms with Crippen molar-refractivity contribution in [2.75, 3.05) is 12.4 Å². The molecule has 0 aliphatic heterocycles. The number of nitrogens with one attached hydrogen (secondary N) is 1. The number of rotatable bonds is 2. The molecule has 0 atom stereocenters. The number of nitrogens with zero attached hydrogens (tertiary/aromatic N) is 1. The molecule has 106 valence electrons. The SMILES string of the molecule is COc1c(F)cc(NC(C)=O)c2c1CC/C(=N\O)C2=O. The van der Waals surface area contributed by atoms with Crippen molar-refractivity contribution in [3.8, 4) is 5.75 Å². The van der Waals surface area contributed by atoms with E-state index in [-0.39, 0.29) is 35.6 Å². The van der Waals surface area contributed by atoms with E-state index in [0.29, 0.717) is 5.56 Å². The minimum atomic E-state index is -0.660. The number of benzene rings is 1. The zero-order valence-corrected chi connectivity index (χ0v) is 11.0. The van der Waals surface area contributed by atoms with Crippen LogP contribution in [0.5, 0.6) is 5.75 Å². The number of hydrogen-bond acceptors (Lipinski definition) is 5. The fourth-order valence-corrected chi connectivity index (χ4v) is 2.29. The zero-order chi connectivity index (χ0) is 14.9. The summed E-state index contributed by atoms with van der Waals surface area (Å²) in [7, 11) is 1.30. The molecule has 1 aliphatic rings. The highest BCUT2D eigenvalue weighted by Gasteiger charge is 2.31. The topological polar surface area (TPSA) is 88.0 Å². The van der Waals surface area contributed by atoms with Gasteiger partial charge in [-0.2, -0.15) is 0 Å². The van der Waals surface area contributed by atoms with Crippen LogP contribution in [0.4, 0.5) is 10.1 Å². The molecule has 20 heavy (non-hydrogen) atoms. The summed E-state index contributed by atoms with van der Waals surface area (Å²) in [6, 6.07) is 1.03. The molecule has 0 fully saturated rings. The Morgan fingerprint density at radius 1 is 1.50 bits per heavy atom. The monoisotopic (exact) mass is 280 g/mol. The van der Waals surface area contributed by atoms with Gasteiger partial charge in [0.15, 0.2) is 11.6 Å². The highest BCUT2D eigenvalue weighted by molar-refractivity contribution is 6.48. The van der Waals surface area contributed by atoms with E-state index < -0.39 is 17.5 Å². The van der Waals surface area contributed by atoms with Gasteiger partial charge in [-0.15, -0.1) is 0 Å². The van der Waals surface area contributed by atoms with Gasteiger partial charge < -0.3 is 15.3 Å². The van der Waals surface area contributed by atoms with Gasteiger partial charge in [0.25, 0.3) is 0 Å². The number of hydrogen-bond donors (Lipinski definition) is 2. The Balaban J connectivity index is 2.70. The fraction of sp³-hybridized carbons (Fsp3) is 0.308. The molecule has 0 aromatic heterocycles. The molecule has 1 aliphatic carbocycles.